The molecule has 1 amide bonds. The smallest absolute Gasteiger partial charge is 0.275 e. The summed E-state index contributed by atoms with van der Waals surface area (Å²) in [6.45, 7) is 6.66. The van der Waals surface area contributed by atoms with Gasteiger partial charge >= 0.3 is 0 Å². The Kier molecular flexibility index (Phi) is 5.51. The molecule has 0 aliphatic rings. The van der Waals surface area contributed by atoms with Gasteiger partial charge in [0.25, 0.3) is 5.91 Å². The van der Waals surface area contributed by atoms with Gasteiger partial charge in [0.2, 0.25) is 0 Å². The number of amides is 1. The van der Waals surface area contributed by atoms with E-state index in [0.29, 0.717) is 19.6 Å². The van der Waals surface area contributed by atoms with Gasteiger partial charge in [-0.1, -0.05) is 35.5 Å². The first-order chi connectivity index (χ1) is 10.2. The summed E-state index contributed by atoms with van der Waals surface area (Å²) < 4.78 is 5.38. The van der Waals surface area contributed by atoms with Crippen molar-refractivity contribution in [3.05, 3.63) is 42.1 Å². The number of carbonyl (C=O) groups excluding carboxylic acids is 1. The molecule has 0 radical (unpaired) electrons. The zero-order chi connectivity index (χ0) is 15.1. The van der Waals surface area contributed by atoms with Gasteiger partial charge in [-0.15, -0.1) is 0 Å². The topological polar surface area (TPSA) is 59.6 Å². The lowest BCUT2D eigenvalue weighted by Gasteiger charge is -2.15. The molecule has 1 aromatic carbocycles. The second-order valence-corrected chi connectivity index (χ2v) is 4.96. The summed E-state index contributed by atoms with van der Waals surface area (Å²) in [5.41, 5.74) is 1.88. The van der Waals surface area contributed by atoms with Gasteiger partial charge in [0.05, 0.1) is 6.54 Å². The molecule has 1 unspecified atom stereocenters. The lowest BCUT2D eigenvalue weighted by atomic mass is 10.1. The largest absolute Gasteiger partial charge is 0.356 e. The van der Waals surface area contributed by atoms with Crippen molar-refractivity contribution < 1.29 is 14.2 Å². The summed E-state index contributed by atoms with van der Waals surface area (Å²) in [6, 6.07) is 11.8. The van der Waals surface area contributed by atoms with Crippen molar-refractivity contribution in [2.75, 3.05) is 19.6 Å². The Balaban J connectivity index is 1.99. The van der Waals surface area contributed by atoms with Gasteiger partial charge in [-0.2, -0.15) is 0 Å². The zero-order valence-corrected chi connectivity index (χ0v) is 12.6. The molecule has 0 bridgehead atoms. The maximum absolute atomic E-state index is 11.7. The van der Waals surface area contributed by atoms with Crippen LogP contribution < -0.4 is 10.2 Å². The zero-order valence-electron chi connectivity index (χ0n) is 12.6. The third-order valence-corrected chi connectivity index (χ3v) is 3.33. The van der Waals surface area contributed by atoms with Gasteiger partial charge in [-0.25, -0.2) is 0 Å². The van der Waals surface area contributed by atoms with Crippen LogP contribution in [0.2, 0.25) is 0 Å². The maximum Gasteiger partial charge on any atom is 0.275 e. The van der Waals surface area contributed by atoms with Crippen LogP contribution >= 0.6 is 0 Å². The van der Waals surface area contributed by atoms with E-state index >= 15 is 0 Å². The standard InChI is InChI=1S/C16H21N3O2/c1-3-17-16(20)12-19(4-2)11-14-10-15(21-18-14)13-8-6-5-7-9-13/h5-10H,3-4,11-12H2,1-2H3,(H,17,20)/p+1. The van der Waals surface area contributed by atoms with Crippen LogP contribution in [0.25, 0.3) is 11.3 Å². The Bertz CT molecular complexity index is 566. The lowest BCUT2D eigenvalue weighted by Crippen LogP contribution is -3.11. The van der Waals surface area contributed by atoms with Gasteiger partial charge in [0, 0.05) is 18.2 Å². The number of nitrogens with one attached hydrogen (secondary N) is 2. The van der Waals surface area contributed by atoms with Crippen LogP contribution in [0.15, 0.2) is 40.9 Å². The number of hydrogen-bond acceptors (Lipinski definition) is 3. The molecule has 2 N–H and O–H groups in total. The van der Waals surface area contributed by atoms with Crippen LogP contribution in [-0.4, -0.2) is 30.7 Å². The molecule has 0 aliphatic heterocycles. The van der Waals surface area contributed by atoms with Crippen molar-refractivity contribution in [2.24, 2.45) is 0 Å². The quantitative estimate of drug-likeness (QED) is 0.795. The van der Waals surface area contributed by atoms with E-state index in [1.807, 2.05) is 43.3 Å². The van der Waals surface area contributed by atoms with Gasteiger partial charge in [0.1, 0.15) is 12.2 Å². The Labute approximate surface area is 124 Å². The van der Waals surface area contributed by atoms with Crippen molar-refractivity contribution in [1.29, 1.82) is 0 Å². The van der Waals surface area contributed by atoms with E-state index in [4.69, 9.17) is 4.52 Å². The van der Waals surface area contributed by atoms with Crippen molar-refractivity contribution in [1.82, 2.24) is 10.5 Å². The summed E-state index contributed by atoms with van der Waals surface area (Å²) in [4.78, 5) is 12.8. The van der Waals surface area contributed by atoms with Crippen molar-refractivity contribution in [3.8, 4) is 11.3 Å². The Morgan fingerprint density at radius 2 is 2.05 bits per heavy atom. The number of benzene rings is 1. The van der Waals surface area contributed by atoms with Gasteiger partial charge in [0.15, 0.2) is 12.3 Å². The second kappa shape index (κ2) is 7.59. The molecular weight excluding hydrogens is 266 g/mol. The van der Waals surface area contributed by atoms with Crippen molar-refractivity contribution in [3.63, 3.8) is 0 Å². The van der Waals surface area contributed by atoms with E-state index in [-0.39, 0.29) is 5.91 Å². The third kappa shape index (κ3) is 4.43. The van der Waals surface area contributed by atoms with Crippen LogP contribution in [0.1, 0.15) is 19.5 Å². The molecule has 1 aromatic heterocycles. The minimum atomic E-state index is 0.0705. The third-order valence-electron chi connectivity index (χ3n) is 3.33. The van der Waals surface area contributed by atoms with Crippen molar-refractivity contribution >= 4 is 5.91 Å². The van der Waals surface area contributed by atoms with Crippen LogP contribution in [0.5, 0.6) is 0 Å². The molecule has 0 fully saturated rings. The number of rotatable bonds is 7. The average Bonchev–Trinajstić information content (AvgIpc) is 2.96. The monoisotopic (exact) mass is 288 g/mol. The summed E-state index contributed by atoms with van der Waals surface area (Å²) >= 11 is 0. The number of likely N-dealkylation sites (N-methyl/N-ethyl adjacent to an activating group) is 2. The molecule has 2 aromatic rings. The van der Waals surface area contributed by atoms with Gasteiger partial charge < -0.3 is 14.7 Å². The number of carbonyl (C=O) groups is 1. The first-order valence-corrected chi connectivity index (χ1v) is 7.34. The molecular formula is C16H22N3O2+. The van der Waals surface area contributed by atoms with E-state index in [1.165, 1.54) is 0 Å². The lowest BCUT2D eigenvalue weighted by molar-refractivity contribution is -0.904. The number of quaternary nitrogens is 1. The first-order valence-electron chi connectivity index (χ1n) is 7.34. The molecule has 0 aliphatic carbocycles. The fourth-order valence-corrected chi connectivity index (χ4v) is 2.19. The molecule has 5 nitrogen and oxygen atoms in total. The van der Waals surface area contributed by atoms with E-state index in [0.717, 1.165) is 28.5 Å². The van der Waals surface area contributed by atoms with Crippen LogP contribution in [0.3, 0.4) is 0 Å². The SMILES string of the molecule is CCNC(=O)C[NH+](CC)Cc1cc(-c2ccccc2)on1. The highest BCUT2D eigenvalue weighted by atomic mass is 16.5. The Morgan fingerprint density at radius 3 is 2.71 bits per heavy atom. The summed E-state index contributed by atoms with van der Waals surface area (Å²) in [7, 11) is 0. The minimum absolute atomic E-state index is 0.0705. The fraction of sp³-hybridized carbons (Fsp3) is 0.375. The van der Waals surface area contributed by atoms with E-state index in [9.17, 15) is 4.79 Å². The molecule has 1 atom stereocenters. The molecule has 112 valence electrons. The molecule has 1 heterocycles. The highest BCUT2D eigenvalue weighted by Crippen LogP contribution is 2.19. The van der Waals surface area contributed by atoms with Gasteiger partial charge in [-0.05, 0) is 13.8 Å². The van der Waals surface area contributed by atoms with E-state index in [2.05, 4.69) is 17.4 Å². The predicted octanol–water partition coefficient (Wildman–Crippen LogP) is 0.883. The Hall–Kier alpha value is -2.14. The summed E-state index contributed by atoms with van der Waals surface area (Å²) in [5.74, 6) is 0.834. The fourth-order valence-electron chi connectivity index (χ4n) is 2.19. The molecule has 5 heteroatoms. The Morgan fingerprint density at radius 1 is 1.29 bits per heavy atom. The normalized spacial score (nSPS) is 12.1. The first kappa shape index (κ1) is 15.3. The second-order valence-electron chi connectivity index (χ2n) is 4.96. The number of aromatic nitrogens is 1. The molecule has 0 saturated carbocycles. The van der Waals surface area contributed by atoms with E-state index in [1.54, 1.807) is 0 Å². The number of nitrogens with zero attached hydrogens (tertiary/aromatic N) is 1. The van der Waals surface area contributed by atoms with Crippen LogP contribution in [0.4, 0.5) is 0 Å². The molecule has 21 heavy (non-hydrogen) atoms. The van der Waals surface area contributed by atoms with Crippen LogP contribution in [0, 0.1) is 0 Å². The maximum atomic E-state index is 11.7. The van der Waals surface area contributed by atoms with Crippen molar-refractivity contribution in [2.45, 2.75) is 20.4 Å². The van der Waals surface area contributed by atoms with E-state index < -0.39 is 0 Å². The molecule has 2 rings (SSSR count). The molecule has 0 saturated heterocycles. The van der Waals surface area contributed by atoms with Crippen LogP contribution in [-0.2, 0) is 11.3 Å². The van der Waals surface area contributed by atoms with Gasteiger partial charge in [-0.3, -0.25) is 4.79 Å². The molecule has 0 spiro atoms. The summed E-state index contributed by atoms with van der Waals surface area (Å²) in [6.07, 6.45) is 0. The number of hydrogen-bond donors (Lipinski definition) is 2. The highest BCUT2D eigenvalue weighted by Gasteiger charge is 2.15. The summed E-state index contributed by atoms with van der Waals surface area (Å²) in [5, 5.41) is 6.93. The highest BCUT2D eigenvalue weighted by molar-refractivity contribution is 5.76. The average molecular weight is 288 g/mol. The minimum Gasteiger partial charge on any atom is -0.356 e. The predicted molar refractivity (Wildman–Crippen MR) is 80.7 cm³/mol.